The lowest BCUT2D eigenvalue weighted by Crippen LogP contribution is -2.39. The van der Waals surface area contributed by atoms with Gasteiger partial charge in [0.05, 0.1) is 0 Å². The predicted molar refractivity (Wildman–Crippen MR) is 131 cm³/mol. The Morgan fingerprint density at radius 1 is 0.714 bits per heavy atom. The van der Waals surface area contributed by atoms with E-state index in [0.717, 1.165) is 12.8 Å². The molecule has 0 saturated heterocycles. The molecule has 0 atom stereocenters. The standard InChI is InChI=1S/C26H34SSi/c1-27(2,25-19-13-11-14-20-25)23-17-9-7-5-6-8-10-18-24-28(3,4)26-21-15-12-16-22-26/h11-16,19-22H,5-10H2,1-4H3. The Labute approximate surface area is 175 Å². The number of hydrogen-bond acceptors (Lipinski definition) is 0. The van der Waals surface area contributed by atoms with E-state index in [1.807, 2.05) is 0 Å². The van der Waals surface area contributed by atoms with Crippen molar-refractivity contribution in [3.05, 3.63) is 60.7 Å². The Balaban J connectivity index is 1.64. The molecule has 0 unspecified atom stereocenters. The topological polar surface area (TPSA) is 0 Å². The zero-order valence-electron chi connectivity index (χ0n) is 17.9. The highest BCUT2D eigenvalue weighted by atomic mass is 32.3. The monoisotopic (exact) mass is 406 g/mol. The van der Waals surface area contributed by atoms with Crippen LogP contribution in [0.4, 0.5) is 0 Å². The summed E-state index contributed by atoms with van der Waals surface area (Å²) in [5.74, 6) is 6.88. The van der Waals surface area contributed by atoms with E-state index in [0.29, 0.717) is 0 Å². The fourth-order valence-electron chi connectivity index (χ4n) is 3.04. The van der Waals surface area contributed by atoms with E-state index in [1.54, 1.807) is 0 Å². The third kappa shape index (κ3) is 7.63. The smallest absolute Gasteiger partial charge is 0.156 e. The molecule has 0 spiro atoms. The van der Waals surface area contributed by atoms with Crippen molar-refractivity contribution in [1.82, 2.24) is 0 Å². The molecule has 0 bridgehead atoms. The number of rotatable bonds is 7. The summed E-state index contributed by atoms with van der Waals surface area (Å²) in [6.07, 6.45) is 11.6. The number of benzene rings is 2. The van der Waals surface area contributed by atoms with Gasteiger partial charge in [-0.15, -0.1) is 11.5 Å². The highest BCUT2D eigenvalue weighted by Gasteiger charge is 2.19. The molecular weight excluding hydrogens is 372 g/mol. The molecule has 0 amide bonds. The van der Waals surface area contributed by atoms with Crippen molar-refractivity contribution in [2.24, 2.45) is 0 Å². The van der Waals surface area contributed by atoms with Gasteiger partial charge in [0.2, 0.25) is 0 Å². The molecular formula is C26H34SSi. The van der Waals surface area contributed by atoms with Crippen molar-refractivity contribution in [1.29, 1.82) is 0 Å². The molecule has 2 heteroatoms. The van der Waals surface area contributed by atoms with E-state index in [2.05, 4.69) is 109 Å². The lowest BCUT2D eigenvalue weighted by molar-refractivity contribution is 0.661. The first-order chi connectivity index (χ1) is 13.4. The van der Waals surface area contributed by atoms with Crippen LogP contribution in [0.3, 0.4) is 0 Å². The van der Waals surface area contributed by atoms with Gasteiger partial charge >= 0.3 is 0 Å². The molecule has 0 saturated carbocycles. The van der Waals surface area contributed by atoms with Gasteiger partial charge in [0.1, 0.15) is 0 Å². The van der Waals surface area contributed by atoms with Crippen LogP contribution in [-0.2, 0) is 0 Å². The molecule has 0 fully saturated rings. The third-order valence-electron chi connectivity index (χ3n) is 4.91. The van der Waals surface area contributed by atoms with E-state index in [1.165, 1.54) is 35.8 Å². The Bertz CT molecular complexity index is 756. The van der Waals surface area contributed by atoms with Gasteiger partial charge in [0.15, 0.2) is 8.07 Å². The molecule has 2 rings (SSSR count). The second-order valence-electron chi connectivity index (χ2n) is 8.13. The lowest BCUT2D eigenvalue weighted by atomic mass is 10.1. The molecule has 2 aromatic rings. The Morgan fingerprint density at radius 2 is 1.25 bits per heavy atom. The molecule has 0 heterocycles. The number of hydrogen-bond donors (Lipinski definition) is 0. The molecule has 0 aliphatic rings. The molecule has 2 aromatic carbocycles. The average Bonchev–Trinajstić information content (AvgIpc) is 2.70. The maximum absolute atomic E-state index is 3.59. The average molecular weight is 407 g/mol. The van der Waals surface area contributed by atoms with Crippen LogP contribution in [0.15, 0.2) is 65.6 Å². The maximum atomic E-state index is 3.59. The van der Waals surface area contributed by atoms with Crippen molar-refractivity contribution in [3.63, 3.8) is 0 Å². The van der Waals surface area contributed by atoms with E-state index in [9.17, 15) is 0 Å². The van der Waals surface area contributed by atoms with Crippen LogP contribution in [0.1, 0.15) is 38.5 Å². The molecule has 28 heavy (non-hydrogen) atoms. The highest BCUT2D eigenvalue weighted by molar-refractivity contribution is 8.36. The molecule has 148 valence electrons. The van der Waals surface area contributed by atoms with Crippen LogP contribution >= 0.6 is 10.0 Å². The first-order valence-electron chi connectivity index (χ1n) is 10.3. The normalized spacial score (nSPS) is 11.7. The molecule has 0 radical (unpaired) electrons. The molecule has 0 aromatic heterocycles. The van der Waals surface area contributed by atoms with Crippen LogP contribution in [0, 0.1) is 22.6 Å². The van der Waals surface area contributed by atoms with Gasteiger partial charge < -0.3 is 0 Å². The largest absolute Gasteiger partial charge is 0.162 e. The summed E-state index contributed by atoms with van der Waals surface area (Å²) in [5.41, 5.74) is 3.59. The summed E-state index contributed by atoms with van der Waals surface area (Å²) < 4.78 is 0. The van der Waals surface area contributed by atoms with Gasteiger partial charge in [-0.2, -0.15) is 10.0 Å². The SMILES string of the molecule is C[Si](C)(C#CCCCCCCC#CS(C)(C)c1ccccc1)c1ccccc1. The molecule has 0 N–H and O–H groups in total. The van der Waals surface area contributed by atoms with Crippen molar-refractivity contribution < 1.29 is 0 Å². The summed E-state index contributed by atoms with van der Waals surface area (Å²) in [4.78, 5) is 1.38. The Morgan fingerprint density at radius 3 is 1.86 bits per heavy atom. The van der Waals surface area contributed by atoms with Crippen molar-refractivity contribution >= 4 is 23.3 Å². The zero-order valence-corrected chi connectivity index (χ0v) is 19.7. The number of unbranched alkanes of at least 4 members (excludes halogenated alkanes) is 5. The summed E-state index contributed by atoms with van der Waals surface area (Å²) >= 11 is 0. The molecule has 0 aliphatic heterocycles. The quantitative estimate of drug-likeness (QED) is 0.277. The van der Waals surface area contributed by atoms with E-state index < -0.39 is 18.1 Å². The van der Waals surface area contributed by atoms with E-state index >= 15 is 0 Å². The highest BCUT2D eigenvalue weighted by Crippen LogP contribution is 2.47. The van der Waals surface area contributed by atoms with Crippen molar-refractivity contribution in [2.75, 3.05) is 12.5 Å². The summed E-state index contributed by atoms with van der Waals surface area (Å²) in [5, 5.41) is 4.97. The maximum Gasteiger partial charge on any atom is 0.162 e. The van der Waals surface area contributed by atoms with Crippen LogP contribution in [0.5, 0.6) is 0 Å². The first kappa shape index (κ1) is 22.4. The molecule has 0 aliphatic carbocycles. The van der Waals surface area contributed by atoms with Crippen LogP contribution < -0.4 is 5.19 Å². The lowest BCUT2D eigenvalue weighted by Gasteiger charge is -2.24. The van der Waals surface area contributed by atoms with Gasteiger partial charge in [-0.1, -0.05) is 85.6 Å². The summed E-state index contributed by atoms with van der Waals surface area (Å²) in [6.45, 7) is 4.68. The van der Waals surface area contributed by atoms with Crippen LogP contribution in [-0.4, -0.2) is 20.6 Å². The molecule has 0 nitrogen and oxygen atoms in total. The minimum atomic E-state index is -1.59. The Kier molecular flexibility index (Phi) is 8.97. The fraction of sp³-hybridized carbons (Fsp3) is 0.385. The second-order valence-corrected chi connectivity index (χ2v) is 15.5. The van der Waals surface area contributed by atoms with Gasteiger partial charge in [0, 0.05) is 17.7 Å². The summed E-state index contributed by atoms with van der Waals surface area (Å²) in [7, 11) is -2.57. The van der Waals surface area contributed by atoms with Gasteiger partial charge in [0.25, 0.3) is 0 Å². The van der Waals surface area contributed by atoms with E-state index in [4.69, 9.17) is 0 Å². The van der Waals surface area contributed by atoms with Crippen molar-refractivity contribution in [2.45, 2.75) is 56.5 Å². The van der Waals surface area contributed by atoms with Crippen molar-refractivity contribution in [3.8, 4) is 22.6 Å². The Hall–Kier alpha value is -1.87. The first-order valence-corrected chi connectivity index (χ1v) is 15.7. The second kappa shape index (κ2) is 11.2. The summed E-state index contributed by atoms with van der Waals surface area (Å²) in [6, 6.07) is 21.5. The minimum Gasteiger partial charge on any atom is -0.156 e. The van der Waals surface area contributed by atoms with Gasteiger partial charge in [-0.25, -0.2) is 0 Å². The van der Waals surface area contributed by atoms with Crippen LogP contribution in [0.25, 0.3) is 0 Å². The third-order valence-corrected chi connectivity index (χ3v) is 9.59. The minimum absolute atomic E-state index is 0.978. The predicted octanol–water partition coefficient (Wildman–Crippen LogP) is 6.57. The van der Waals surface area contributed by atoms with Gasteiger partial charge in [-0.3, -0.25) is 0 Å². The van der Waals surface area contributed by atoms with Gasteiger partial charge in [-0.05, 0) is 42.7 Å². The fourth-order valence-corrected chi connectivity index (χ4v) is 6.20. The zero-order chi connectivity index (χ0) is 20.3. The van der Waals surface area contributed by atoms with E-state index in [-0.39, 0.29) is 0 Å². The van der Waals surface area contributed by atoms with Crippen LogP contribution in [0.2, 0.25) is 13.1 Å².